The fourth-order valence-electron chi connectivity index (χ4n) is 3.84. The molecule has 6 nitrogen and oxygen atoms in total. The molecule has 0 bridgehead atoms. The number of Topliss-reactive ketones (excluding diaryl/α,β-unsaturated/α-hetero) is 1. The number of carbonyl (C=O) groups excluding carboxylic acids is 4. The molecule has 9 heteroatoms. The van der Waals surface area contributed by atoms with Gasteiger partial charge in [-0.3, -0.25) is 24.5 Å². The standard InChI is InChI=1S/C23H19ClF2N2O4/c24-16-5-3-15(4-6-16)23(25,26)19(29)9-2-13-1-7-17-14(11-13)12-28(22(17)32)18-8-10-20(30)27-21(18)31/h1,3-7,11,18H,2,8-10,12H2,(H,27,30,31)/i10D/hD. The van der Waals surface area contributed by atoms with Gasteiger partial charge in [0.2, 0.25) is 17.6 Å². The topological polar surface area (TPSA) is 83.6 Å². The minimum atomic E-state index is -3.66. The lowest BCUT2D eigenvalue weighted by atomic mass is 9.97. The molecule has 0 radical (unpaired) electrons. The molecule has 32 heavy (non-hydrogen) atoms. The third kappa shape index (κ3) is 4.14. The first-order chi connectivity index (χ1) is 16.0. The first-order valence-corrected chi connectivity index (χ1v) is 10.3. The third-order valence-electron chi connectivity index (χ3n) is 5.60. The lowest BCUT2D eigenvalue weighted by molar-refractivity contribution is -0.144. The molecular formula is C23H19ClF2N2O4. The molecule has 0 aromatic heterocycles. The van der Waals surface area contributed by atoms with Gasteiger partial charge in [-0.1, -0.05) is 35.9 Å². The summed E-state index contributed by atoms with van der Waals surface area (Å²) in [6.45, 7) is 0.0159. The Morgan fingerprint density at radius 2 is 1.94 bits per heavy atom. The van der Waals surface area contributed by atoms with Crippen LogP contribution in [0.15, 0.2) is 42.5 Å². The molecule has 0 spiro atoms. The van der Waals surface area contributed by atoms with Crippen molar-refractivity contribution in [3.63, 3.8) is 0 Å². The maximum Gasteiger partial charge on any atom is 0.330 e. The molecular weight excluding hydrogens is 442 g/mol. The van der Waals surface area contributed by atoms with Gasteiger partial charge in [0.25, 0.3) is 5.91 Å². The number of rotatable bonds is 6. The molecule has 2 aromatic rings. The Morgan fingerprint density at radius 1 is 1.22 bits per heavy atom. The molecule has 2 aromatic carbocycles. The van der Waals surface area contributed by atoms with Crippen LogP contribution in [0, 0.1) is 0 Å². The van der Waals surface area contributed by atoms with Crippen molar-refractivity contribution in [2.45, 2.75) is 44.2 Å². The van der Waals surface area contributed by atoms with Gasteiger partial charge in [-0.15, -0.1) is 0 Å². The van der Waals surface area contributed by atoms with Crippen molar-refractivity contribution in [1.29, 1.82) is 0 Å². The number of halogens is 3. The van der Waals surface area contributed by atoms with Gasteiger partial charge in [0, 0.05) is 36.9 Å². The Morgan fingerprint density at radius 3 is 2.66 bits per heavy atom. The number of benzene rings is 2. The van der Waals surface area contributed by atoms with E-state index < -0.39 is 53.9 Å². The van der Waals surface area contributed by atoms with Crippen LogP contribution in [0.5, 0.6) is 0 Å². The second-order valence-corrected chi connectivity index (χ2v) is 8.11. The molecule has 0 saturated carbocycles. The lowest BCUT2D eigenvalue weighted by Crippen LogP contribution is -2.52. The smallest absolute Gasteiger partial charge is 0.322 e. The number of nitrogens with zero attached hydrogens (tertiary/aromatic N) is 1. The van der Waals surface area contributed by atoms with E-state index in [1.54, 1.807) is 12.1 Å². The zero-order valence-electron chi connectivity index (χ0n) is 18.7. The normalized spacial score (nSPS) is 22.0. The maximum atomic E-state index is 14.5. The molecule has 1 fully saturated rings. The molecule has 2 atom stereocenters. The first kappa shape index (κ1) is 19.5. The Balaban J connectivity index is 1.45. The summed E-state index contributed by atoms with van der Waals surface area (Å²) in [5, 5.41) is 0.406. The molecule has 4 rings (SSSR count). The average Bonchev–Trinajstić information content (AvgIpc) is 3.14. The van der Waals surface area contributed by atoms with Crippen LogP contribution in [0.2, 0.25) is 6.43 Å². The summed E-state index contributed by atoms with van der Waals surface area (Å²) in [6, 6.07) is 8.37. The second-order valence-electron chi connectivity index (χ2n) is 7.67. The summed E-state index contributed by atoms with van der Waals surface area (Å²) >= 11 is 5.72. The zero-order valence-corrected chi connectivity index (χ0v) is 17.4. The Kier molecular flexibility index (Phi) is 5.15. The molecule has 166 valence electrons. The van der Waals surface area contributed by atoms with E-state index in [1.807, 2.05) is 0 Å². The minimum absolute atomic E-state index is 0.0159. The predicted octanol–water partition coefficient (Wildman–Crippen LogP) is 3.39. The van der Waals surface area contributed by atoms with Crippen LogP contribution in [0.3, 0.4) is 0 Å². The van der Waals surface area contributed by atoms with E-state index in [-0.39, 0.29) is 29.7 Å². The van der Waals surface area contributed by atoms with Crippen molar-refractivity contribution in [3.05, 3.63) is 69.7 Å². The van der Waals surface area contributed by atoms with Gasteiger partial charge < -0.3 is 4.90 Å². The quantitative estimate of drug-likeness (QED) is 0.667. The average molecular weight is 463 g/mol. The monoisotopic (exact) mass is 462 g/mol. The fourth-order valence-corrected chi connectivity index (χ4v) is 3.97. The molecule has 2 aliphatic rings. The molecule has 1 saturated heterocycles. The van der Waals surface area contributed by atoms with Crippen molar-refractivity contribution in [2.24, 2.45) is 0 Å². The number of hydrogen-bond donors (Lipinski definition) is 1. The predicted molar refractivity (Wildman–Crippen MR) is 111 cm³/mol. The van der Waals surface area contributed by atoms with E-state index in [0.29, 0.717) is 16.7 Å². The van der Waals surface area contributed by atoms with E-state index in [1.165, 1.54) is 23.1 Å². The van der Waals surface area contributed by atoms with E-state index in [9.17, 15) is 28.0 Å². The van der Waals surface area contributed by atoms with Crippen molar-refractivity contribution in [1.82, 2.24) is 10.2 Å². The maximum absolute atomic E-state index is 14.5. The molecule has 1 N–H and O–H groups in total. The highest BCUT2D eigenvalue weighted by atomic mass is 35.5. The SMILES string of the molecule is [2H]C1CC(N2Cc3cc(CCC(=O)C(F)(F)c4ccc(Cl)cc4)ccc3C2=O)C(=O)N([2H])C1=O. The fraction of sp³-hybridized carbons (Fsp3) is 0.304. The first-order valence-electron chi connectivity index (χ1n) is 10.9. The second kappa shape index (κ2) is 8.43. The van der Waals surface area contributed by atoms with Crippen LogP contribution in [0.4, 0.5) is 8.78 Å². The van der Waals surface area contributed by atoms with Gasteiger partial charge in [0.05, 0.1) is 0 Å². The van der Waals surface area contributed by atoms with Crippen molar-refractivity contribution in [2.75, 3.05) is 0 Å². The summed E-state index contributed by atoms with van der Waals surface area (Å²) in [4.78, 5) is 50.3. The number of nitrogens with one attached hydrogen (secondary N) is 1. The van der Waals surface area contributed by atoms with Crippen LogP contribution in [-0.4, -0.2) is 34.4 Å². The number of carbonyl (C=O) groups is 4. The molecule has 2 heterocycles. The lowest BCUT2D eigenvalue weighted by Gasteiger charge is -2.29. The van der Waals surface area contributed by atoms with E-state index in [2.05, 4.69) is 0 Å². The van der Waals surface area contributed by atoms with Crippen LogP contribution < -0.4 is 5.31 Å². The molecule has 0 aliphatic carbocycles. The minimum Gasteiger partial charge on any atom is -0.322 e. The number of aryl methyl sites for hydroxylation is 1. The van der Waals surface area contributed by atoms with E-state index >= 15 is 0 Å². The number of fused-ring (bicyclic) bond motifs is 1. The summed E-state index contributed by atoms with van der Waals surface area (Å²) in [6.07, 6.45) is -1.92. The van der Waals surface area contributed by atoms with Crippen molar-refractivity contribution >= 4 is 35.1 Å². The molecule has 2 unspecified atom stereocenters. The summed E-state index contributed by atoms with van der Waals surface area (Å²) in [7, 11) is 0. The molecule has 2 aliphatic heterocycles. The van der Waals surface area contributed by atoms with Gasteiger partial charge >= 0.3 is 5.92 Å². The van der Waals surface area contributed by atoms with Crippen molar-refractivity contribution < 1.29 is 30.7 Å². The van der Waals surface area contributed by atoms with Gasteiger partial charge in [-0.25, -0.2) is 0 Å². The van der Waals surface area contributed by atoms with Crippen molar-refractivity contribution in [3.8, 4) is 0 Å². The van der Waals surface area contributed by atoms with Crippen LogP contribution in [0.1, 0.15) is 47.7 Å². The number of alkyl halides is 2. The van der Waals surface area contributed by atoms with Gasteiger partial charge in [0.1, 0.15) is 6.04 Å². The van der Waals surface area contributed by atoms with E-state index in [0.717, 1.165) is 12.1 Å². The largest absolute Gasteiger partial charge is 0.330 e. The third-order valence-corrected chi connectivity index (χ3v) is 5.85. The summed E-state index contributed by atoms with van der Waals surface area (Å²) < 4.78 is 44.3. The number of piperidine rings is 1. The summed E-state index contributed by atoms with van der Waals surface area (Å²) in [5.74, 6) is -7.19. The zero-order chi connectivity index (χ0) is 24.8. The van der Waals surface area contributed by atoms with Gasteiger partial charge in [-0.2, -0.15) is 8.78 Å². The molecule has 3 amide bonds. The van der Waals surface area contributed by atoms with Crippen LogP contribution >= 0.6 is 11.6 Å². The van der Waals surface area contributed by atoms with Crippen LogP contribution in [-0.2, 0) is 33.3 Å². The Bertz CT molecular complexity index is 1190. The number of amides is 3. The highest BCUT2D eigenvalue weighted by Crippen LogP contribution is 2.32. The number of hydrogen-bond acceptors (Lipinski definition) is 4. The van der Waals surface area contributed by atoms with E-state index in [4.69, 9.17) is 14.4 Å². The number of ketones is 1. The number of imide groups is 1. The van der Waals surface area contributed by atoms with Crippen LogP contribution in [0.25, 0.3) is 0 Å². The Hall–Kier alpha value is -3.13. The highest BCUT2D eigenvalue weighted by Gasteiger charge is 2.41. The van der Waals surface area contributed by atoms with Gasteiger partial charge in [-0.05, 0) is 42.2 Å². The van der Waals surface area contributed by atoms with Gasteiger partial charge in [0.15, 0.2) is 1.41 Å². The highest BCUT2D eigenvalue weighted by molar-refractivity contribution is 6.30. The Labute approximate surface area is 190 Å². The summed E-state index contributed by atoms with van der Waals surface area (Å²) in [5.41, 5.74) is 0.981.